The molecule has 4 atom stereocenters. The molecule has 2 fully saturated rings. The number of benzene rings is 2. The summed E-state index contributed by atoms with van der Waals surface area (Å²) in [6, 6.07) is 17.9. The largest absolute Gasteiger partial charge is 0.417 e. The Balaban J connectivity index is 1.53. The molecule has 1 N–H and O–H groups in total. The standard InChI is InChI=1S/C21H23NO4S/c1-3-22-17-13-18(23)21(2,26-19(17)25-20(22)24)14-9-11-16(12-10-14)27-15-7-5-4-6-8-15/h4-12,17-19,23H,3,13H2,1-2H3/t17-,18+,19+,21+/m0/s1. The van der Waals surface area contributed by atoms with Crippen LogP contribution < -0.4 is 0 Å². The summed E-state index contributed by atoms with van der Waals surface area (Å²) in [6.07, 6.45) is -1.32. The fraction of sp³-hybridized carbons (Fsp3) is 0.381. The minimum atomic E-state index is -0.916. The maximum absolute atomic E-state index is 12.0. The third-order valence-corrected chi connectivity index (χ3v) is 6.39. The Labute approximate surface area is 163 Å². The summed E-state index contributed by atoms with van der Waals surface area (Å²) < 4.78 is 11.5. The first-order valence-corrected chi connectivity index (χ1v) is 9.99. The predicted octanol–water partition coefficient (Wildman–Crippen LogP) is 4.00. The number of rotatable bonds is 4. The zero-order valence-electron chi connectivity index (χ0n) is 15.4. The van der Waals surface area contributed by atoms with Gasteiger partial charge in [-0.05, 0) is 43.7 Å². The Morgan fingerprint density at radius 2 is 1.81 bits per heavy atom. The molecule has 2 heterocycles. The monoisotopic (exact) mass is 385 g/mol. The van der Waals surface area contributed by atoms with Gasteiger partial charge in [-0.2, -0.15) is 0 Å². The van der Waals surface area contributed by atoms with Crippen LogP contribution in [-0.4, -0.2) is 41.1 Å². The lowest BCUT2D eigenvalue weighted by Gasteiger charge is -2.43. The topological polar surface area (TPSA) is 59.0 Å². The van der Waals surface area contributed by atoms with Crippen molar-refractivity contribution in [1.29, 1.82) is 0 Å². The van der Waals surface area contributed by atoms with Crippen LogP contribution in [0.25, 0.3) is 0 Å². The third-order valence-electron chi connectivity index (χ3n) is 5.37. The molecule has 0 aromatic heterocycles. The fourth-order valence-electron chi connectivity index (χ4n) is 3.74. The maximum atomic E-state index is 12.0. The van der Waals surface area contributed by atoms with Crippen molar-refractivity contribution in [2.75, 3.05) is 6.54 Å². The molecular weight excluding hydrogens is 362 g/mol. The average Bonchev–Trinajstić information content (AvgIpc) is 2.97. The quantitative estimate of drug-likeness (QED) is 0.862. The number of aliphatic hydroxyl groups is 1. The second kappa shape index (κ2) is 7.19. The first kappa shape index (κ1) is 18.3. The number of carbonyl (C=O) groups excluding carboxylic acids is 1. The van der Waals surface area contributed by atoms with Crippen LogP contribution in [0.2, 0.25) is 0 Å². The van der Waals surface area contributed by atoms with Gasteiger partial charge < -0.3 is 14.6 Å². The molecule has 4 rings (SSSR count). The highest BCUT2D eigenvalue weighted by Crippen LogP contribution is 2.42. The van der Waals surface area contributed by atoms with E-state index in [4.69, 9.17) is 9.47 Å². The zero-order chi connectivity index (χ0) is 19.0. The second-order valence-corrected chi connectivity index (χ2v) is 8.17. The summed E-state index contributed by atoms with van der Waals surface area (Å²) in [7, 11) is 0. The van der Waals surface area contributed by atoms with Crippen molar-refractivity contribution < 1.29 is 19.4 Å². The molecule has 0 saturated carbocycles. The van der Waals surface area contributed by atoms with Crippen molar-refractivity contribution in [3.8, 4) is 0 Å². The van der Waals surface area contributed by atoms with E-state index in [1.165, 1.54) is 4.90 Å². The van der Waals surface area contributed by atoms with Gasteiger partial charge in [0.15, 0.2) is 0 Å². The third kappa shape index (κ3) is 3.33. The van der Waals surface area contributed by atoms with E-state index in [9.17, 15) is 9.90 Å². The van der Waals surface area contributed by atoms with Crippen LogP contribution >= 0.6 is 11.8 Å². The number of hydrogen-bond donors (Lipinski definition) is 1. The maximum Gasteiger partial charge on any atom is 0.412 e. The summed E-state index contributed by atoms with van der Waals surface area (Å²) in [5, 5.41) is 10.8. The summed E-state index contributed by atoms with van der Waals surface area (Å²) in [6.45, 7) is 4.29. The van der Waals surface area contributed by atoms with E-state index in [1.807, 2.05) is 56.3 Å². The molecule has 0 unspecified atom stereocenters. The van der Waals surface area contributed by atoms with E-state index >= 15 is 0 Å². The lowest BCUT2D eigenvalue weighted by Crippen LogP contribution is -2.54. The Morgan fingerprint density at radius 3 is 2.48 bits per heavy atom. The zero-order valence-corrected chi connectivity index (χ0v) is 16.2. The second-order valence-electron chi connectivity index (χ2n) is 7.02. The summed E-state index contributed by atoms with van der Waals surface area (Å²) >= 11 is 1.68. The van der Waals surface area contributed by atoms with Crippen LogP contribution in [0.15, 0.2) is 64.4 Å². The van der Waals surface area contributed by atoms with E-state index in [-0.39, 0.29) is 12.1 Å². The molecule has 142 valence electrons. The number of carbonyl (C=O) groups is 1. The van der Waals surface area contributed by atoms with Crippen molar-refractivity contribution in [3.63, 3.8) is 0 Å². The van der Waals surface area contributed by atoms with E-state index in [2.05, 4.69) is 12.1 Å². The molecule has 2 aromatic rings. The lowest BCUT2D eigenvalue weighted by molar-refractivity contribution is -0.249. The molecule has 2 aliphatic rings. The van der Waals surface area contributed by atoms with Gasteiger partial charge in [-0.3, -0.25) is 4.90 Å². The van der Waals surface area contributed by atoms with Crippen LogP contribution in [0.3, 0.4) is 0 Å². The highest BCUT2D eigenvalue weighted by atomic mass is 32.2. The van der Waals surface area contributed by atoms with Crippen LogP contribution in [0.1, 0.15) is 25.8 Å². The van der Waals surface area contributed by atoms with E-state index < -0.39 is 18.0 Å². The molecule has 0 spiro atoms. The number of fused-ring (bicyclic) bond motifs is 1. The van der Waals surface area contributed by atoms with Gasteiger partial charge in [0.05, 0.1) is 6.10 Å². The summed E-state index contributed by atoms with van der Waals surface area (Å²) in [5.41, 5.74) is -0.0434. The van der Waals surface area contributed by atoms with Gasteiger partial charge in [0.25, 0.3) is 0 Å². The molecule has 2 aliphatic heterocycles. The summed E-state index contributed by atoms with van der Waals surface area (Å²) in [4.78, 5) is 15.9. The van der Waals surface area contributed by atoms with Crippen LogP contribution in [0, 0.1) is 0 Å². The number of amides is 1. The number of aliphatic hydroxyl groups excluding tert-OH is 1. The van der Waals surface area contributed by atoms with Crippen molar-refractivity contribution in [3.05, 3.63) is 60.2 Å². The average molecular weight is 385 g/mol. The van der Waals surface area contributed by atoms with E-state index in [1.54, 1.807) is 16.7 Å². The van der Waals surface area contributed by atoms with Gasteiger partial charge in [0.1, 0.15) is 11.6 Å². The molecule has 6 heteroatoms. The van der Waals surface area contributed by atoms with Gasteiger partial charge in [-0.15, -0.1) is 0 Å². The van der Waals surface area contributed by atoms with Gasteiger partial charge in [-0.1, -0.05) is 42.1 Å². The Kier molecular flexibility index (Phi) is 4.88. The number of likely N-dealkylation sites (N-methyl/N-ethyl adjacent to an activating group) is 1. The molecular formula is C21H23NO4S. The van der Waals surface area contributed by atoms with Crippen molar-refractivity contribution in [2.45, 2.75) is 54.1 Å². The van der Waals surface area contributed by atoms with Crippen LogP contribution in [0.4, 0.5) is 4.79 Å². The van der Waals surface area contributed by atoms with Crippen molar-refractivity contribution >= 4 is 17.9 Å². The van der Waals surface area contributed by atoms with Gasteiger partial charge in [0, 0.05) is 22.8 Å². The smallest absolute Gasteiger partial charge is 0.412 e. The lowest BCUT2D eigenvalue weighted by atomic mass is 9.83. The molecule has 5 nitrogen and oxygen atoms in total. The highest BCUT2D eigenvalue weighted by Gasteiger charge is 2.54. The fourth-order valence-corrected chi connectivity index (χ4v) is 4.58. The molecule has 0 aliphatic carbocycles. The van der Waals surface area contributed by atoms with E-state index in [0.29, 0.717) is 13.0 Å². The molecule has 2 aromatic carbocycles. The SMILES string of the molecule is CCN1C(=O)O[C@@H]2O[C@](C)(c3ccc(Sc4ccccc4)cc3)[C@H](O)C[C@@H]21. The molecule has 2 saturated heterocycles. The van der Waals surface area contributed by atoms with Crippen LogP contribution in [-0.2, 0) is 15.1 Å². The Hall–Kier alpha value is -2.02. The summed E-state index contributed by atoms with van der Waals surface area (Å²) in [5.74, 6) is 0. The number of nitrogens with zero attached hydrogens (tertiary/aromatic N) is 1. The predicted molar refractivity (Wildman–Crippen MR) is 103 cm³/mol. The van der Waals surface area contributed by atoms with Gasteiger partial charge in [0.2, 0.25) is 6.29 Å². The number of hydrogen-bond acceptors (Lipinski definition) is 5. The minimum absolute atomic E-state index is 0.238. The van der Waals surface area contributed by atoms with Crippen molar-refractivity contribution in [1.82, 2.24) is 4.90 Å². The Bertz CT molecular complexity index is 813. The Morgan fingerprint density at radius 1 is 1.15 bits per heavy atom. The van der Waals surface area contributed by atoms with Gasteiger partial charge in [-0.25, -0.2) is 4.79 Å². The first-order chi connectivity index (χ1) is 13.0. The first-order valence-electron chi connectivity index (χ1n) is 9.18. The minimum Gasteiger partial charge on any atom is -0.417 e. The molecule has 0 radical (unpaired) electrons. The van der Waals surface area contributed by atoms with Crippen molar-refractivity contribution in [2.24, 2.45) is 0 Å². The van der Waals surface area contributed by atoms with Gasteiger partial charge >= 0.3 is 6.09 Å². The molecule has 0 bridgehead atoms. The molecule has 1 amide bonds. The normalized spacial score (nSPS) is 30.1. The van der Waals surface area contributed by atoms with E-state index in [0.717, 1.165) is 10.5 Å². The number of ether oxygens (including phenoxy) is 2. The highest BCUT2D eigenvalue weighted by molar-refractivity contribution is 7.99. The van der Waals surface area contributed by atoms with Crippen LogP contribution in [0.5, 0.6) is 0 Å². The molecule has 27 heavy (non-hydrogen) atoms.